The van der Waals surface area contributed by atoms with Crippen molar-refractivity contribution in [2.24, 2.45) is 0 Å². The van der Waals surface area contributed by atoms with Gasteiger partial charge in [-0.3, -0.25) is 14.5 Å². The summed E-state index contributed by atoms with van der Waals surface area (Å²) in [5.74, 6) is -0.794. The van der Waals surface area contributed by atoms with Crippen molar-refractivity contribution in [3.05, 3.63) is 33.4 Å². The van der Waals surface area contributed by atoms with Crippen molar-refractivity contribution in [2.75, 3.05) is 32.7 Å². The second-order valence-electron chi connectivity index (χ2n) is 4.44. The third kappa shape index (κ3) is 3.66. The van der Waals surface area contributed by atoms with Crippen LogP contribution in [0.15, 0.2) is 24.3 Å². The highest BCUT2D eigenvalue weighted by Gasteiger charge is 2.23. The second-order valence-corrected chi connectivity index (χ2v) is 5.60. The Kier molecular flexibility index (Phi) is 4.76. The first-order valence-electron chi connectivity index (χ1n) is 6.06. The lowest BCUT2D eigenvalue weighted by atomic mass is 10.2. The highest BCUT2D eigenvalue weighted by molar-refractivity contribution is 14.1. The van der Waals surface area contributed by atoms with E-state index in [0.29, 0.717) is 26.2 Å². The van der Waals surface area contributed by atoms with Crippen LogP contribution in [0.4, 0.5) is 0 Å². The van der Waals surface area contributed by atoms with Gasteiger partial charge in [-0.15, -0.1) is 0 Å². The molecule has 0 bridgehead atoms. The molecule has 1 aliphatic rings. The molecule has 6 heteroatoms. The average Bonchev–Trinajstić information content (AvgIpc) is 2.39. The first-order valence-corrected chi connectivity index (χ1v) is 7.14. The van der Waals surface area contributed by atoms with Crippen LogP contribution in [0.3, 0.4) is 0 Å². The summed E-state index contributed by atoms with van der Waals surface area (Å²) in [7, 11) is 0. The molecule has 2 rings (SSSR count). The molecule has 1 aromatic rings. The van der Waals surface area contributed by atoms with Gasteiger partial charge in [0.05, 0.1) is 12.1 Å². The lowest BCUT2D eigenvalue weighted by Crippen LogP contribution is -2.50. The van der Waals surface area contributed by atoms with E-state index in [9.17, 15) is 9.59 Å². The average molecular weight is 374 g/mol. The maximum atomic E-state index is 12.3. The SMILES string of the molecule is O=C(O)CN1CCN(C(=O)c2ccccc2I)CC1. The number of amides is 1. The zero-order valence-electron chi connectivity index (χ0n) is 10.4. The Morgan fingerprint density at radius 1 is 1.16 bits per heavy atom. The van der Waals surface area contributed by atoms with E-state index < -0.39 is 5.97 Å². The molecule has 1 N–H and O–H groups in total. The molecule has 1 saturated heterocycles. The molecule has 0 radical (unpaired) electrons. The molecule has 102 valence electrons. The predicted octanol–water partition coefficient (Wildman–Crippen LogP) is 1.13. The Hall–Kier alpha value is -1.15. The summed E-state index contributed by atoms with van der Waals surface area (Å²) in [4.78, 5) is 26.6. The largest absolute Gasteiger partial charge is 0.480 e. The lowest BCUT2D eigenvalue weighted by Gasteiger charge is -2.34. The standard InChI is InChI=1S/C13H15IN2O3/c14-11-4-2-1-3-10(11)13(19)16-7-5-15(6-8-16)9-12(17)18/h1-4H,5-9H2,(H,17,18). The molecule has 5 nitrogen and oxygen atoms in total. The number of carbonyl (C=O) groups excluding carboxylic acids is 1. The molecule has 1 amide bonds. The van der Waals surface area contributed by atoms with Crippen LogP contribution in [-0.4, -0.2) is 59.5 Å². The second kappa shape index (κ2) is 6.33. The van der Waals surface area contributed by atoms with E-state index in [-0.39, 0.29) is 12.5 Å². The van der Waals surface area contributed by atoms with Gasteiger partial charge in [-0.1, -0.05) is 12.1 Å². The fourth-order valence-electron chi connectivity index (χ4n) is 2.11. The number of nitrogens with zero attached hydrogens (tertiary/aromatic N) is 2. The van der Waals surface area contributed by atoms with E-state index in [2.05, 4.69) is 22.6 Å². The van der Waals surface area contributed by atoms with Gasteiger partial charge in [0.2, 0.25) is 0 Å². The summed E-state index contributed by atoms with van der Waals surface area (Å²) in [5, 5.41) is 8.73. The number of carboxylic acids is 1. The molecule has 0 saturated carbocycles. The predicted molar refractivity (Wildman–Crippen MR) is 79.1 cm³/mol. The molecular formula is C13H15IN2O3. The van der Waals surface area contributed by atoms with E-state index in [4.69, 9.17) is 5.11 Å². The number of hydrogen-bond donors (Lipinski definition) is 1. The van der Waals surface area contributed by atoms with Crippen LogP contribution in [0, 0.1) is 3.57 Å². The van der Waals surface area contributed by atoms with Crippen LogP contribution in [0.1, 0.15) is 10.4 Å². The van der Waals surface area contributed by atoms with Crippen LogP contribution in [0.5, 0.6) is 0 Å². The molecule has 0 unspecified atom stereocenters. The first-order chi connectivity index (χ1) is 9.08. The molecule has 1 aromatic carbocycles. The number of hydrogen-bond acceptors (Lipinski definition) is 3. The van der Waals surface area contributed by atoms with Crippen molar-refractivity contribution in [3.63, 3.8) is 0 Å². The molecule has 1 heterocycles. The molecule has 1 aliphatic heterocycles. The van der Waals surface area contributed by atoms with Gasteiger partial charge >= 0.3 is 5.97 Å². The molecule has 1 fully saturated rings. The summed E-state index contributed by atoms with van der Waals surface area (Å²) in [6.45, 7) is 2.43. The normalized spacial score (nSPS) is 16.4. The van der Waals surface area contributed by atoms with E-state index in [0.717, 1.165) is 9.13 Å². The van der Waals surface area contributed by atoms with Crippen LogP contribution >= 0.6 is 22.6 Å². The van der Waals surface area contributed by atoms with Gasteiger partial charge in [0.25, 0.3) is 5.91 Å². The summed E-state index contributed by atoms with van der Waals surface area (Å²) < 4.78 is 0.943. The summed E-state index contributed by atoms with van der Waals surface area (Å²) >= 11 is 2.16. The first kappa shape index (κ1) is 14.3. The molecule has 19 heavy (non-hydrogen) atoms. The van der Waals surface area contributed by atoms with Crippen molar-refractivity contribution in [3.8, 4) is 0 Å². The highest BCUT2D eigenvalue weighted by atomic mass is 127. The fraction of sp³-hybridized carbons (Fsp3) is 0.385. The summed E-state index contributed by atoms with van der Waals surface area (Å²) in [6, 6.07) is 7.50. The number of piperazine rings is 1. The molecule has 0 aromatic heterocycles. The van der Waals surface area contributed by atoms with Crippen molar-refractivity contribution < 1.29 is 14.7 Å². The van der Waals surface area contributed by atoms with Gasteiger partial charge in [-0.2, -0.15) is 0 Å². The van der Waals surface area contributed by atoms with Crippen molar-refractivity contribution in [1.82, 2.24) is 9.80 Å². The summed E-state index contributed by atoms with van der Waals surface area (Å²) in [6.07, 6.45) is 0. The number of carboxylic acid groups (broad SMARTS) is 1. The molecule has 0 spiro atoms. The third-order valence-corrected chi connectivity index (χ3v) is 4.06. The third-order valence-electron chi connectivity index (χ3n) is 3.12. The van der Waals surface area contributed by atoms with Crippen LogP contribution in [-0.2, 0) is 4.79 Å². The Labute approximate surface area is 125 Å². The minimum atomic E-state index is -0.822. The van der Waals surface area contributed by atoms with Crippen molar-refractivity contribution >= 4 is 34.5 Å². The fourth-order valence-corrected chi connectivity index (χ4v) is 2.72. The van der Waals surface area contributed by atoms with E-state index in [1.54, 1.807) is 4.90 Å². The van der Waals surface area contributed by atoms with Crippen molar-refractivity contribution in [2.45, 2.75) is 0 Å². The lowest BCUT2D eigenvalue weighted by molar-refractivity contribution is -0.138. The minimum absolute atomic E-state index is 0.0278. The number of halogens is 1. The van der Waals surface area contributed by atoms with Gasteiger partial charge in [0.1, 0.15) is 0 Å². The number of carbonyl (C=O) groups is 2. The van der Waals surface area contributed by atoms with Crippen molar-refractivity contribution in [1.29, 1.82) is 0 Å². The molecule has 0 atom stereocenters. The van der Waals surface area contributed by atoms with Gasteiger partial charge in [-0.25, -0.2) is 0 Å². The number of benzene rings is 1. The quantitative estimate of drug-likeness (QED) is 0.807. The maximum absolute atomic E-state index is 12.3. The highest BCUT2D eigenvalue weighted by Crippen LogP contribution is 2.15. The Morgan fingerprint density at radius 2 is 1.79 bits per heavy atom. The van der Waals surface area contributed by atoms with E-state index in [1.165, 1.54) is 0 Å². The van der Waals surface area contributed by atoms with E-state index >= 15 is 0 Å². The van der Waals surface area contributed by atoms with Gasteiger partial charge in [-0.05, 0) is 34.7 Å². The molecular weight excluding hydrogens is 359 g/mol. The van der Waals surface area contributed by atoms with Crippen LogP contribution < -0.4 is 0 Å². The number of rotatable bonds is 3. The zero-order chi connectivity index (χ0) is 13.8. The number of aliphatic carboxylic acids is 1. The monoisotopic (exact) mass is 374 g/mol. The van der Waals surface area contributed by atoms with E-state index in [1.807, 2.05) is 29.2 Å². The molecule has 0 aliphatic carbocycles. The van der Waals surface area contributed by atoms with Crippen LogP contribution in [0.2, 0.25) is 0 Å². The van der Waals surface area contributed by atoms with Gasteiger partial charge in [0.15, 0.2) is 0 Å². The van der Waals surface area contributed by atoms with Crippen LogP contribution in [0.25, 0.3) is 0 Å². The minimum Gasteiger partial charge on any atom is -0.480 e. The van der Waals surface area contributed by atoms with Gasteiger partial charge < -0.3 is 10.0 Å². The zero-order valence-corrected chi connectivity index (χ0v) is 12.5. The Bertz CT molecular complexity index is 485. The Morgan fingerprint density at radius 3 is 2.37 bits per heavy atom. The topological polar surface area (TPSA) is 60.9 Å². The Balaban J connectivity index is 1.96. The maximum Gasteiger partial charge on any atom is 0.317 e. The summed E-state index contributed by atoms with van der Waals surface area (Å²) in [5.41, 5.74) is 0.717. The van der Waals surface area contributed by atoms with Gasteiger partial charge in [0, 0.05) is 29.7 Å². The smallest absolute Gasteiger partial charge is 0.317 e.